The summed E-state index contributed by atoms with van der Waals surface area (Å²) in [5, 5.41) is 13.1. The monoisotopic (exact) mass is 594 g/mol. The molecule has 1 saturated heterocycles. The Kier molecular flexibility index (Phi) is 8.45. The summed E-state index contributed by atoms with van der Waals surface area (Å²) >= 11 is 13.9. The lowest BCUT2D eigenvalue weighted by Crippen LogP contribution is -2.70. The highest BCUT2D eigenvalue weighted by atomic mass is 35.5. The summed E-state index contributed by atoms with van der Waals surface area (Å²) in [5.41, 5.74) is 1.19. The van der Waals surface area contributed by atoms with Crippen molar-refractivity contribution in [3.8, 4) is 0 Å². The predicted molar refractivity (Wildman–Crippen MR) is 159 cm³/mol. The molecule has 1 aliphatic rings. The molecule has 0 radical (unpaired) electrons. The Morgan fingerprint density at radius 2 is 1.73 bits per heavy atom. The van der Waals surface area contributed by atoms with E-state index in [4.69, 9.17) is 23.2 Å². The first-order valence-electron chi connectivity index (χ1n) is 13.0. The number of likely N-dealkylation sites (tertiary alicyclic amines) is 1. The van der Waals surface area contributed by atoms with Crippen molar-refractivity contribution in [3.63, 3.8) is 0 Å². The van der Waals surface area contributed by atoms with Crippen molar-refractivity contribution < 1.29 is 19.5 Å². The van der Waals surface area contributed by atoms with Gasteiger partial charge in [-0.3, -0.25) is 14.4 Å². The Morgan fingerprint density at radius 1 is 0.950 bits per heavy atom. The van der Waals surface area contributed by atoms with Crippen molar-refractivity contribution in [2.24, 2.45) is 0 Å². The van der Waals surface area contributed by atoms with E-state index in [-0.39, 0.29) is 31.3 Å². The fourth-order valence-electron chi connectivity index (χ4n) is 5.32. The van der Waals surface area contributed by atoms with Gasteiger partial charge in [-0.1, -0.05) is 65.7 Å². The average molecular weight is 596 g/mol. The number of fused-ring (bicyclic) bond motifs is 1. The molecule has 0 saturated carbocycles. The van der Waals surface area contributed by atoms with Crippen LogP contribution in [0.3, 0.4) is 0 Å². The van der Waals surface area contributed by atoms with Crippen LogP contribution in [-0.2, 0) is 22.6 Å². The van der Waals surface area contributed by atoms with E-state index in [1.807, 2.05) is 53.9 Å². The third-order valence-electron chi connectivity index (χ3n) is 7.40. The zero-order chi connectivity index (χ0) is 28.3. The molecular formula is C31H28Cl2N2O4S. The zero-order valence-corrected chi connectivity index (χ0v) is 24.0. The fraction of sp³-hybridized carbons (Fsp3) is 0.258. The van der Waals surface area contributed by atoms with Crippen LogP contribution in [0.2, 0.25) is 10.0 Å². The molecule has 1 unspecified atom stereocenters. The summed E-state index contributed by atoms with van der Waals surface area (Å²) < 4.78 is 1.01. The number of nitrogens with zero attached hydrogens (tertiary/aromatic N) is 2. The second kappa shape index (κ2) is 12.0. The van der Waals surface area contributed by atoms with Gasteiger partial charge in [0, 0.05) is 58.0 Å². The fourth-order valence-corrected chi connectivity index (χ4v) is 6.60. The number of halogens is 2. The Balaban J connectivity index is 1.52. The standard InChI is InChI=1S/C31H28Cl2N2O4S/c32-23-12-10-21(11-13-23)18-31(14-16-35(31)29(38)26-20-40-27-8-2-1-7-25(26)27)30(39)34(15-4-9-28(36)37)19-22-5-3-6-24(33)17-22/h1-3,5-8,10-13,17,20H,4,9,14-16,18-19H2,(H,36,37). The van der Waals surface area contributed by atoms with Crippen molar-refractivity contribution in [1.29, 1.82) is 0 Å². The van der Waals surface area contributed by atoms with Crippen LogP contribution in [0.1, 0.15) is 40.7 Å². The van der Waals surface area contributed by atoms with Gasteiger partial charge in [-0.05, 0) is 54.3 Å². The number of amides is 2. The molecule has 0 bridgehead atoms. The second-order valence-corrected chi connectivity index (χ2v) is 11.8. The zero-order valence-electron chi connectivity index (χ0n) is 21.7. The number of carbonyl (C=O) groups excluding carboxylic acids is 2. The summed E-state index contributed by atoms with van der Waals surface area (Å²) in [4.78, 5) is 43.3. The molecule has 0 aliphatic carbocycles. The molecule has 1 aliphatic heterocycles. The second-order valence-electron chi connectivity index (χ2n) is 10.0. The van der Waals surface area contributed by atoms with E-state index in [1.165, 1.54) is 11.3 Å². The lowest BCUT2D eigenvalue weighted by atomic mass is 9.77. The van der Waals surface area contributed by atoms with Crippen molar-refractivity contribution in [2.75, 3.05) is 13.1 Å². The number of hydrogen-bond donors (Lipinski definition) is 1. The minimum atomic E-state index is -1.12. The number of hydrogen-bond acceptors (Lipinski definition) is 4. The molecular weight excluding hydrogens is 567 g/mol. The predicted octanol–water partition coefficient (Wildman–Crippen LogP) is 6.93. The Labute approximate surface area is 246 Å². The van der Waals surface area contributed by atoms with Gasteiger partial charge in [0.1, 0.15) is 5.54 Å². The van der Waals surface area contributed by atoms with Crippen LogP contribution in [0.4, 0.5) is 0 Å². The molecule has 206 valence electrons. The highest BCUT2D eigenvalue weighted by molar-refractivity contribution is 7.17. The lowest BCUT2D eigenvalue weighted by molar-refractivity contribution is -0.152. The van der Waals surface area contributed by atoms with E-state index in [1.54, 1.807) is 34.1 Å². The highest BCUT2D eigenvalue weighted by Gasteiger charge is 2.55. The van der Waals surface area contributed by atoms with E-state index in [2.05, 4.69) is 0 Å². The maximum atomic E-state index is 14.6. The van der Waals surface area contributed by atoms with Gasteiger partial charge in [-0.15, -0.1) is 11.3 Å². The molecule has 4 aromatic rings. The number of rotatable bonds is 10. The lowest BCUT2D eigenvalue weighted by Gasteiger charge is -2.53. The Hall–Kier alpha value is -3.39. The molecule has 6 nitrogen and oxygen atoms in total. The van der Waals surface area contributed by atoms with Gasteiger partial charge in [0.05, 0.1) is 5.56 Å². The molecule has 1 atom stereocenters. The first-order valence-corrected chi connectivity index (χ1v) is 14.7. The minimum Gasteiger partial charge on any atom is -0.481 e. The van der Waals surface area contributed by atoms with Crippen molar-refractivity contribution in [2.45, 2.75) is 37.8 Å². The topological polar surface area (TPSA) is 77.9 Å². The molecule has 3 aromatic carbocycles. The van der Waals surface area contributed by atoms with E-state index in [0.29, 0.717) is 41.4 Å². The van der Waals surface area contributed by atoms with Gasteiger partial charge in [0.2, 0.25) is 5.91 Å². The van der Waals surface area contributed by atoms with Crippen LogP contribution in [0, 0.1) is 0 Å². The van der Waals surface area contributed by atoms with Gasteiger partial charge >= 0.3 is 5.97 Å². The van der Waals surface area contributed by atoms with Crippen LogP contribution in [0.5, 0.6) is 0 Å². The van der Waals surface area contributed by atoms with Crippen LogP contribution in [0.25, 0.3) is 10.1 Å². The smallest absolute Gasteiger partial charge is 0.303 e. The molecule has 9 heteroatoms. The van der Waals surface area contributed by atoms with Crippen molar-refractivity contribution in [1.82, 2.24) is 9.80 Å². The van der Waals surface area contributed by atoms with Gasteiger partial charge in [0.25, 0.3) is 5.91 Å². The summed E-state index contributed by atoms with van der Waals surface area (Å²) in [7, 11) is 0. The van der Waals surface area contributed by atoms with Crippen molar-refractivity contribution >= 4 is 62.4 Å². The van der Waals surface area contributed by atoms with Crippen LogP contribution < -0.4 is 0 Å². The number of aliphatic carboxylic acids is 1. The summed E-state index contributed by atoms with van der Waals surface area (Å²) in [6, 6.07) is 22.3. The highest BCUT2D eigenvalue weighted by Crippen LogP contribution is 2.40. The van der Waals surface area contributed by atoms with Crippen LogP contribution in [0.15, 0.2) is 78.2 Å². The molecule has 1 aromatic heterocycles. The molecule has 1 N–H and O–H groups in total. The molecule has 40 heavy (non-hydrogen) atoms. The summed E-state index contributed by atoms with van der Waals surface area (Å²) in [5.74, 6) is -1.30. The van der Waals surface area contributed by atoms with Crippen LogP contribution >= 0.6 is 34.5 Å². The molecule has 2 amide bonds. The molecule has 0 spiro atoms. The van der Waals surface area contributed by atoms with Gasteiger partial charge in [-0.25, -0.2) is 0 Å². The first kappa shape index (κ1) is 28.1. The Morgan fingerprint density at radius 3 is 2.42 bits per heavy atom. The third-order valence-corrected chi connectivity index (χ3v) is 8.85. The summed E-state index contributed by atoms with van der Waals surface area (Å²) in [6.07, 6.45) is 1.05. The number of carbonyl (C=O) groups is 3. The maximum absolute atomic E-state index is 14.6. The first-order chi connectivity index (χ1) is 19.3. The number of benzene rings is 3. The number of thiophene rings is 1. The average Bonchev–Trinajstić information content (AvgIpc) is 3.35. The van der Waals surface area contributed by atoms with E-state index in [9.17, 15) is 19.5 Å². The summed E-state index contributed by atoms with van der Waals surface area (Å²) in [6.45, 7) is 0.941. The van der Waals surface area contributed by atoms with Gasteiger partial charge < -0.3 is 14.9 Å². The van der Waals surface area contributed by atoms with E-state index >= 15 is 0 Å². The SMILES string of the molecule is O=C(O)CCCN(Cc1cccc(Cl)c1)C(=O)C1(Cc2ccc(Cl)cc2)CCN1C(=O)c1csc2ccccc12. The van der Waals surface area contributed by atoms with E-state index in [0.717, 1.165) is 21.2 Å². The normalized spacial score (nSPS) is 16.5. The van der Waals surface area contributed by atoms with Gasteiger partial charge in [-0.2, -0.15) is 0 Å². The molecule has 5 rings (SSSR count). The molecule has 1 fully saturated rings. The van der Waals surface area contributed by atoms with Crippen molar-refractivity contribution in [3.05, 3.63) is 105 Å². The largest absolute Gasteiger partial charge is 0.481 e. The number of carboxylic acids is 1. The quantitative estimate of drug-likeness (QED) is 0.216. The van der Waals surface area contributed by atoms with Crippen LogP contribution in [-0.4, -0.2) is 51.3 Å². The molecule has 2 heterocycles. The van der Waals surface area contributed by atoms with E-state index < -0.39 is 11.5 Å². The number of carboxylic acid groups (broad SMARTS) is 1. The van der Waals surface area contributed by atoms with Gasteiger partial charge in [0.15, 0.2) is 0 Å². The minimum absolute atomic E-state index is 0.0625. The third kappa shape index (κ3) is 5.87. The Bertz CT molecular complexity index is 1550. The maximum Gasteiger partial charge on any atom is 0.303 e.